The number of carbonyl (C=O) groups excluding carboxylic acids is 2. The van der Waals surface area contributed by atoms with Gasteiger partial charge in [0, 0.05) is 24.2 Å². The van der Waals surface area contributed by atoms with E-state index in [1.165, 1.54) is 0 Å². The molecule has 1 amide bonds. The summed E-state index contributed by atoms with van der Waals surface area (Å²) < 4.78 is 16.3. The molecule has 1 fully saturated rings. The number of anilines is 1. The number of aromatic nitrogens is 2. The van der Waals surface area contributed by atoms with E-state index in [1.54, 1.807) is 61.4 Å². The molecular formula is C22H21N3O5. The molecule has 154 valence electrons. The third kappa shape index (κ3) is 4.03. The van der Waals surface area contributed by atoms with E-state index in [4.69, 9.17) is 13.9 Å². The summed E-state index contributed by atoms with van der Waals surface area (Å²) in [4.78, 5) is 26.2. The topological polar surface area (TPSA) is 94.8 Å². The van der Waals surface area contributed by atoms with Crippen LogP contribution in [0.15, 0.2) is 52.9 Å². The number of hydrogen-bond donors (Lipinski definition) is 0. The molecule has 2 heterocycles. The molecule has 0 aliphatic carbocycles. The zero-order chi connectivity index (χ0) is 21.1. The van der Waals surface area contributed by atoms with E-state index in [2.05, 4.69) is 10.2 Å². The summed E-state index contributed by atoms with van der Waals surface area (Å²) >= 11 is 0. The molecular weight excluding hydrogens is 386 g/mol. The molecule has 0 radical (unpaired) electrons. The number of hydrogen-bond acceptors (Lipinski definition) is 7. The van der Waals surface area contributed by atoms with Crippen molar-refractivity contribution in [2.24, 2.45) is 0 Å². The number of benzene rings is 2. The van der Waals surface area contributed by atoms with Crippen LogP contribution in [0.5, 0.6) is 5.75 Å². The highest BCUT2D eigenvalue weighted by molar-refractivity contribution is 5.97. The van der Waals surface area contributed by atoms with Gasteiger partial charge in [0.25, 0.3) is 5.89 Å². The first-order valence-corrected chi connectivity index (χ1v) is 9.64. The summed E-state index contributed by atoms with van der Waals surface area (Å²) in [6.45, 7) is 2.32. The summed E-state index contributed by atoms with van der Waals surface area (Å²) in [5, 5.41) is 8.02. The zero-order valence-corrected chi connectivity index (χ0v) is 16.7. The maximum atomic E-state index is 12.6. The number of amides is 1. The molecule has 0 unspecified atom stereocenters. The van der Waals surface area contributed by atoms with Crippen LogP contribution in [0.1, 0.15) is 42.1 Å². The monoisotopic (exact) mass is 407 g/mol. The van der Waals surface area contributed by atoms with Gasteiger partial charge in [-0.05, 0) is 55.8 Å². The van der Waals surface area contributed by atoms with Crippen LogP contribution in [0, 0.1) is 0 Å². The summed E-state index contributed by atoms with van der Waals surface area (Å²) in [5.74, 6) is 0.773. The highest BCUT2D eigenvalue weighted by Crippen LogP contribution is 2.26. The third-order valence-electron chi connectivity index (χ3n) is 4.88. The van der Waals surface area contributed by atoms with Crippen molar-refractivity contribution in [3.63, 3.8) is 0 Å². The van der Waals surface area contributed by atoms with Crippen LogP contribution < -0.4 is 9.64 Å². The first-order chi connectivity index (χ1) is 14.5. The predicted octanol–water partition coefficient (Wildman–Crippen LogP) is 3.79. The largest absolute Gasteiger partial charge is 0.497 e. The van der Waals surface area contributed by atoms with Crippen molar-refractivity contribution in [3.05, 3.63) is 60.0 Å². The Hall–Kier alpha value is -3.68. The minimum Gasteiger partial charge on any atom is -0.497 e. The Balaban J connectivity index is 1.45. The Labute approximate surface area is 173 Å². The lowest BCUT2D eigenvalue weighted by molar-refractivity contribution is -0.117. The van der Waals surface area contributed by atoms with Crippen LogP contribution in [0.3, 0.4) is 0 Å². The van der Waals surface area contributed by atoms with Gasteiger partial charge in [0.2, 0.25) is 11.8 Å². The molecule has 0 saturated carbocycles. The van der Waals surface area contributed by atoms with Crippen molar-refractivity contribution in [3.8, 4) is 17.2 Å². The molecule has 0 spiro atoms. The molecule has 0 bridgehead atoms. The molecule has 8 nitrogen and oxygen atoms in total. The van der Waals surface area contributed by atoms with Crippen LogP contribution in [-0.2, 0) is 9.53 Å². The number of carbonyl (C=O) groups is 2. The van der Waals surface area contributed by atoms with Crippen molar-refractivity contribution >= 4 is 17.6 Å². The second-order valence-corrected chi connectivity index (χ2v) is 6.92. The van der Waals surface area contributed by atoms with Gasteiger partial charge in [-0.1, -0.05) is 6.07 Å². The van der Waals surface area contributed by atoms with Crippen molar-refractivity contribution in [2.45, 2.75) is 25.9 Å². The summed E-state index contributed by atoms with van der Waals surface area (Å²) in [6.07, 6.45) is 0.617. The van der Waals surface area contributed by atoms with Gasteiger partial charge in [-0.2, -0.15) is 0 Å². The second-order valence-electron chi connectivity index (χ2n) is 6.92. The van der Waals surface area contributed by atoms with E-state index in [1.807, 2.05) is 6.07 Å². The van der Waals surface area contributed by atoms with Gasteiger partial charge in [0.05, 0.1) is 12.7 Å². The molecule has 4 rings (SSSR count). The van der Waals surface area contributed by atoms with Gasteiger partial charge in [0.15, 0.2) is 6.10 Å². The van der Waals surface area contributed by atoms with Crippen molar-refractivity contribution in [1.29, 1.82) is 0 Å². The van der Waals surface area contributed by atoms with E-state index in [0.29, 0.717) is 30.1 Å². The van der Waals surface area contributed by atoms with Gasteiger partial charge in [-0.25, -0.2) is 4.79 Å². The molecule has 3 aromatic rings. The fraction of sp³-hybridized carbons (Fsp3) is 0.273. The van der Waals surface area contributed by atoms with Crippen LogP contribution in [0.25, 0.3) is 11.5 Å². The molecule has 1 aliphatic rings. The first-order valence-electron chi connectivity index (χ1n) is 9.64. The van der Waals surface area contributed by atoms with Gasteiger partial charge in [0.1, 0.15) is 5.75 Å². The Morgan fingerprint density at radius 3 is 2.67 bits per heavy atom. The number of rotatable bonds is 6. The van der Waals surface area contributed by atoms with E-state index < -0.39 is 12.1 Å². The molecule has 0 N–H and O–H groups in total. The first kappa shape index (κ1) is 19.6. The van der Waals surface area contributed by atoms with E-state index in [-0.39, 0.29) is 11.8 Å². The predicted molar refractivity (Wildman–Crippen MR) is 108 cm³/mol. The molecule has 2 aromatic carbocycles. The Morgan fingerprint density at radius 1 is 1.17 bits per heavy atom. The quantitative estimate of drug-likeness (QED) is 0.574. The normalized spacial score (nSPS) is 14.6. The third-order valence-corrected chi connectivity index (χ3v) is 4.88. The van der Waals surface area contributed by atoms with Crippen molar-refractivity contribution in [2.75, 3.05) is 18.6 Å². The number of methoxy groups -OCH3 is 1. The van der Waals surface area contributed by atoms with E-state index >= 15 is 0 Å². The maximum absolute atomic E-state index is 12.6. The summed E-state index contributed by atoms with van der Waals surface area (Å²) in [6, 6.07) is 14.0. The Kier molecular flexibility index (Phi) is 5.47. The number of nitrogens with zero attached hydrogens (tertiary/aromatic N) is 3. The Morgan fingerprint density at radius 2 is 1.97 bits per heavy atom. The molecule has 8 heteroatoms. The van der Waals surface area contributed by atoms with Gasteiger partial charge in [-0.3, -0.25) is 4.79 Å². The van der Waals surface area contributed by atoms with Gasteiger partial charge in [-0.15, -0.1) is 10.2 Å². The van der Waals surface area contributed by atoms with E-state index in [9.17, 15) is 9.59 Å². The minimum absolute atomic E-state index is 0.0609. The lowest BCUT2D eigenvalue weighted by Gasteiger charge is -2.16. The highest BCUT2D eigenvalue weighted by Gasteiger charge is 2.24. The fourth-order valence-electron chi connectivity index (χ4n) is 3.25. The maximum Gasteiger partial charge on any atom is 0.338 e. The second kappa shape index (κ2) is 8.36. The SMILES string of the molecule is COc1ccc(-c2nnc([C@@H](C)OC(=O)c3cccc(N4CCCC4=O)c3)o2)cc1. The molecule has 1 saturated heterocycles. The van der Waals surface area contributed by atoms with Crippen LogP contribution in [-0.4, -0.2) is 35.7 Å². The Bertz CT molecular complexity index is 1060. The molecule has 1 aromatic heterocycles. The highest BCUT2D eigenvalue weighted by atomic mass is 16.6. The van der Waals surface area contributed by atoms with Crippen LogP contribution in [0.2, 0.25) is 0 Å². The lowest BCUT2D eigenvalue weighted by Crippen LogP contribution is -2.24. The minimum atomic E-state index is -0.728. The smallest absolute Gasteiger partial charge is 0.338 e. The van der Waals surface area contributed by atoms with Crippen molar-refractivity contribution in [1.82, 2.24) is 10.2 Å². The van der Waals surface area contributed by atoms with Crippen LogP contribution in [0.4, 0.5) is 5.69 Å². The van der Waals surface area contributed by atoms with Crippen LogP contribution >= 0.6 is 0 Å². The summed E-state index contributed by atoms with van der Waals surface area (Å²) in [5.41, 5.74) is 1.78. The average Bonchev–Trinajstić information content (AvgIpc) is 3.43. The molecule has 1 atom stereocenters. The molecule has 1 aliphatic heterocycles. The number of esters is 1. The zero-order valence-electron chi connectivity index (χ0n) is 16.7. The molecule has 30 heavy (non-hydrogen) atoms. The van der Waals surface area contributed by atoms with E-state index in [0.717, 1.165) is 17.7 Å². The standard InChI is InChI=1S/C22H21N3O5/c1-14(20-23-24-21(30-20)15-8-10-18(28-2)11-9-15)29-22(27)16-5-3-6-17(13-16)25-12-4-7-19(25)26/h3,5-6,8-11,13-14H,4,7,12H2,1-2H3/t14-/m1/s1. The van der Waals surface area contributed by atoms with Gasteiger partial charge < -0.3 is 18.8 Å². The average molecular weight is 407 g/mol. The number of ether oxygens (including phenoxy) is 2. The van der Waals surface area contributed by atoms with Crippen molar-refractivity contribution < 1.29 is 23.5 Å². The lowest BCUT2D eigenvalue weighted by atomic mass is 10.2. The fourth-order valence-corrected chi connectivity index (χ4v) is 3.25. The van der Waals surface area contributed by atoms with Gasteiger partial charge >= 0.3 is 5.97 Å². The summed E-state index contributed by atoms with van der Waals surface area (Å²) in [7, 11) is 1.59.